The number of H-pyrrole nitrogens is 1. The highest BCUT2D eigenvalue weighted by Gasteiger charge is 2.18. The van der Waals surface area contributed by atoms with Crippen molar-refractivity contribution in [3.8, 4) is 28.8 Å². The van der Waals surface area contributed by atoms with Crippen molar-refractivity contribution in [3.63, 3.8) is 0 Å². The first-order valence-corrected chi connectivity index (χ1v) is 8.19. The number of nitrogens with zero attached hydrogens (tertiary/aromatic N) is 5. The zero-order chi connectivity index (χ0) is 17.5. The average Bonchev–Trinajstić information content (AvgIpc) is 3.39. The largest absolute Gasteiger partial charge is 0.332 e. The van der Waals surface area contributed by atoms with Gasteiger partial charge in [-0.2, -0.15) is 15.2 Å². The van der Waals surface area contributed by atoms with Crippen molar-refractivity contribution >= 4 is 10.9 Å². The summed E-state index contributed by atoms with van der Waals surface area (Å²) < 4.78 is 7.29. The molecular formula is C19H14N6O. The maximum absolute atomic E-state index is 5.44. The number of hydrogen-bond donors (Lipinski definition) is 1. The van der Waals surface area contributed by atoms with Gasteiger partial charge in [0.1, 0.15) is 5.69 Å². The molecule has 5 rings (SSSR count). The van der Waals surface area contributed by atoms with Gasteiger partial charge in [0, 0.05) is 11.1 Å². The molecule has 0 atom stereocenters. The highest BCUT2D eigenvalue weighted by atomic mass is 16.5. The van der Waals surface area contributed by atoms with Crippen LogP contribution in [0, 0.1) is 6.92 Å². The molecule has 3 heterocycles. The monoisotopic (exact) mass is 342 g/mol. The maximum Gasteiger partial charge on any atom is 0.278 e. The summed E-state index contributed by atoms with van der Waals surface area (Å²) in [6.45, 7) is 1.99. The molecular weight excluding hydrogens is 328 g/mol. The number of rotatable bonds is 3. The van der Waals surface area contributed by atoms with E-state index in [1.165, 1.54) is 0 Å². The van der Waals surface area contributed by atoms with Crippen molar-refractivity contribution in [2.45, 2.75) is 6.92 Å². The third kappa shape index (κ3) is 2.29. The molecule has 3 aromatic heterocycles. The van der Waals surface area contributed by atoms with Crippen LogP contribution in [0.15, 0.2) is 65.2 Å². The fraction of sp³-hybridized carbons (Fsp3) is 0.0526. The Morgan fingerprint density at radius 1 is 1.00 bits per heavy atom. The summed E-state index contributed by atoms with van der Waals surface area (Å²) in [6, 6.07) is 19.7. The van der Waals surface area contributed by atoms with Crippen molar-refractivity contribution in [2.24, 2.45) is 0 Å². The highest BCUT2D eigenvalue weighted by Crippen LogP contribution is 2.26. The molecule has 7 heteroatoms. The van der Waals surface area contributed by atoms with E-state index in [4.69, 9.17) is 4.52 Å². The Hall–Kier alpha value is -3.74. The minimum absolute atomic E-state index is 0.366. The molecule has 0 amide bonds. The van der Waals surface area contributed by atoms with Crippen LogP contribution in [0.25, 0.3) is 39.7 Å². The van der Waals surface area contributed by atoms with Crippen LogP contribution in [0.1, 0.15) is 5.69 Å². The van der Waals surface area contributed by atoms with Crippen LogP contribution in [0.2, 0.25) is 0 Å². The van der Waals surface area contributed by atoms with Gasteiger partial charge in [-0.05, 0) is 31.2 Å². The van der Waals surface area contributed by atoms with Crippen LogP contribution in [-0.4, -0.2) is 30.1 Å². The van der Waals surface area contributed by atoms with E-state index in [2.05, 4.69) is 25.4 Å². The van der Waals surface area contributed by atoms with E-state index in [0.717, 1.165) is 22.3 Å². The van der Waals surface area contributed by atoms with Crippen molar-refractivity contribution in [1.82, 2.24) is 30.1 Å². The minimum Gasteiger partial charge on any atom is -0.332 e. The van der Waals surface area contributed by atoms with Gasteiger partial charge in [-0.15, -0.1) is 0 Å². The second kappa shape index (κ2) is 5.66. The lowest BCUT2D eigenvalue weighted by Crippen LogP contribution is -1.98. The molecule has 0 saturated carbocycles. The quantitative estimate of drug-likeness (QED) is 0.539. The third-order valence-corrected chi connectivity index (χ3v) is 4.22. The maximum atomic E-state index is 5.44. The van der Waals surface area contributed by atoms with Crippen molar-refractivity contribution in [3.05, 3.63) is 66.4 Å². The van der Waals surface area contributed by atoms with E-state index < -0.39 is 0 Å². The van der Waals surface area contributed by atoms with Gasteiger partial charge in [0.15, 0.2) is 5.69 Å². The van der Waals surface area contributed by atoms with Crippen LogP contribution < -0.4 is 0 Å². The molecule has 0 bridgehead atoms. The van der Waals surface area contributed by atoms with Gasteiger partial charge in [0.25, 0.3) is 5.89 Å². The lowest BCUT2D eigenvalue weighted by Gasteiger charge is -2.02. The molecule has 0 unspecified atom stereocenters. The van der Waals surface area contributed by atoms with E-state index in [1.54, 1.807) is 0 Å². The molecule has 0 aliphatic carbocycles. The average molecular weight is 342 g/mol. The first kappa shape index (κ1) is 14.6. The summed E-state index contributed by atoms with van der Waals surface area (Å²) in [7, 11) is 0. The molecule has 5 aromatic rings. The number of aryl methyl sites for hydroxylation is 1. The molecule has 0 aliphatic rings. The number of benzene rings is 2. The summed E-state index contributed by atoms with van der Waals surface area (Å²) in [4.78, 5) is 4.49. The minimum atomic E-state index is 0.366. The summed E-state index contributed by atoms with van der Waals surface area (Å²) in [5, 5.41) is 16.9. The van der Waals surface area contributed by atoms with E-state index >= 15 is 0 Å². The lowest BCUT2D eigenvalue weighted by molar-refractivity contribution is 0.430. The molecule has 26 heavy (non-hydrogen) atoms. The van der Waals surface area contributed by atoms with Crippen molar-refractivity contribution in [1.29, 1.82) is 0 Å². The molecule has 1 N–H and O–H groups in total. The topological polar surface area (TPSA) is 85.4 Å². The molecule has 7 nitrogen and oxygen atoms in total. The van der Waals surface area contributed by atoms with E-state index in [0.29, 0.717) is 23.1 Å². The Morgan fingerprint density at radius 2 is 1.81 bits per heavy atom. The van der Waals surface area contributed by atoms with Gasteiger partial charge in [0.2, 0.25) is 5.82 Å². The standard InChI is InChI=1S/C19H14N6O/c1-12-11-16(23-25(12)13-7-3-2-4-8-13)19-20-18(24-26-19)17-14-9-5-6-10-15(14)21-22-17/h2-11H,1H3,(H,21,22). The van der Waals surface area contributed by atoms with Crippen LogP contribution in [0.5, 0.6) is 0 Å². The Balaban J connectivity index is 1.55. The zero-order valence-corrected chi connectivity index (χ0v) is 13.9. The predicted molar refractivity (Wildman–Crippen MR) is 96.7 cm³/mol. The fourth-order valence-corrected chi connectivity index (χ4v) is 2.97. The van der Waals surface area contributed by atoms with Gasteiger partial charge in [-0.1, -0.05) is 41.6 Å². The molecule has 0 saturated heterocycles. The summed E-state index contributed by atoms with van der Waals surface area (Å²) in [5.74, 6) is 0.800. The van der Waals surface area contributed by atoms with Crippen LogP contribution in [0.4, 0.5) is 0 Å². The Labute approximate surface area is 148 Å². The van der Waals surface area contributed by atoms with Gasteiger partial charge >= 0.3 is 0 Å². The van der Waals surface area contributed by atoms with E-state index in [1.807, 2.05) is 72.3 Å². The molecule has 126 valence electrons. The second-order valence-electron chi connectivity index (χ2n) is 5.96. The number of para-hydroxylation sites is 2. The summed E-state index contributed by atoms with van der Waals surface area (Å²) in [6.07, 6.45) is 0. The number of nitrogens with one attached hydrogen (secondary N) is 1. The van der Waals surface area contributed by atoms with Gasteiger partial charge < -0.3 is 4.52 Å². The van der Waals surface area contributed by atoms with Gasteiger partial charge in [0.05, 0.1) is 11.2 Å². The first-order chi connectivity index (χ1) is 12.8. The first-order valence-electron chi connectivity index (χ1n) is 8.19. The van der Waals surface area contributed by atoms with Crippen molar-refractivity contribution in [2.75, 3.05) is 0 Å². The second-order valence-corrected chi connectivity index (χ2v) is 5.96. The van der Waals surface area contributed by atoms with Gasteiger partial charge in [-0.3, -0.25) is 5.10 Å². The van der Waals surface area contributed by atoms with Crippen molar-refractivity contribution < 1.29 is 4.52 Å². The Kier molecular flexibility index (Phi) is 3.18. The number of aromatic amines is 1. The third-order valence-electron chi connectivity index (χ3n) is 4.22. The van der Waals surface area contributed by atoms with E-state index in [-0.39, 0.29) is 0 Å². The highest BCUT2D eigenvalue weighted by molar-refractivity contribution is 5.91. The number of hydrogen-bond acceptors (Lipinski definition) is 5. The zero-order valence-electron chi connectivity index (χ0n) is 13.9. The molecule has 0 spiro atoms. The smallest absolute Gasteiger partial charge is 0.278 e. The normalized spacial score (nSPS) is 11.3. The Bertz CT molecular complexity index is 1200. The SMILES string of the molecule is Cc1cc(-c2nc(-c3n[nH]c4ccccc34)no2)nn1-c1ccccc1. The van der Waals surface area contributed by atoms with E-state index in [9.17, 15) is 0 Å². The Morgan fingerprint density at radius 3 is 2.69 bits per heavy atom. The number of fused-ring (bicyclic) bond motifs is 1. The predicted octanol–water partition coefficient (Wildman–Crippen LogP) is 3.77. The fourth-order valence-electron chi connectivity index (χ4n) is 2.97. The van der Waals surface area contributed by atoms with Crippen LogP contribution >= 0.6 is 0 Å². The lowest BCUT2D eigenvalue weighted by atomic mass is 10.2. The summed E-state index contributed by atoms with van der Waals surface area (Å²) >= 11 is 0. The summed E-state index contributed by atoms with van der Waals surface area (Å²) in [5.41, 5.74) is 4.18. The van der Waals surface area contributed by atoms with Crippen LogP contribution in [0.3, 0.4) is 0 Å². The molecule has 2 aromatic carbocycles. The van der Waals surface area contributed by atoms with Crippen LogP contribution in [-0.2, 0) is 0 Å². The number of aromatic nitrogens is 6. The molecule has 0 fully saturated rings. The molecule has 0 radical (unpaired) electrons. The molecule has 0 aliphatic heterocycles. The van der Waals surface area contributed by atoms with Gasteiger partial charge in [-0.25, -0.2) is 4.68 Å².